The molecule has 1 aliphatic carbocycles. The Morgan fingerprint density at radius 2 is 2.21 bits per heavy atom. The molecule has 0 bridgehead atoms. The maximum absolute atomic E-state index is 12.5. The van der Waals surface area contributed by atoms with Crippen molar-refractivity contribution in [3.05, 3.63) is 12.4 Å². The number of piperazine rings is 1. The van der Waals surface area contributed by atoms with Crippen LogP contribution in [0.5, 0.6) is 0 Å². The van der Waals surface area contributed by atoms with Crippen LogP contribution < -0.4 is 10.2 Å². The van der Waals surface area contributed by atoms with E-state index in [-0.39, 0.29) is 29.9 Å². The Balaban J connectivity index is 0.00000208. The van der Waals surface area contributed by atoms with Crippen LogP contribution in [0, 0.1) is 5.92 Å². The van der Waals surface area contributed by atoms with E-state index in [1.54, 1.807) is 15.8 Å². The number of hydrogen-bond acceptors (Lipinski definition) is 3. The number of aryl methyl sites for hydroxylation is 1. The van der Waals surface area contributed by atoms with Crippen LogP contribution in [0.1, 0.15) is 26.2 Å². The standard InChI is InChI=1S/C16H26N6O.HI/c1-3-17-16(18-9-13-5-4-6-13)21-7-8-22(15(23)12-21)14-10-19-20(2)11-14;/h10-11,13H,3-9,12H2,1-2H3,(H,17,18);1H. The summed E-state index contributed by atoms with van der Waals surface area (Å²) in [5, 5.41) is 7.47. The van der Waals surface area contributed by atoms with Crippen LogP contribution >= 0.6 is 24.0 Å². The fraction of sp³-hybridized carbons (Fsp3) is 0.688. The first-order chi connectivity index (χ1) is 11.2. The molecule has 2 aliphatic rings. The van der Waals surface area contributed by atoms with Gasteiger partial charge in [-0.2, -0.15) is 5.10 Å². The highest BCUT2D eigenvalue weighted by atomic mass is 127. The van der Waals surface area contributed by atoms with E-state index < -0.39 is 0 Å². The number of carbonyl (C=O) groups excluding carboxylic acids is 1. The third kappa shape index (κ3) is 4.40. The maximum Gasteiger partial charge on any atom is 0.246 e. The molecule has 1 aromatic rings. The van der Waals surface area contributed by atoms with Crippen LogP contribution in [0.15, 0.2) is 17.4 Å². The molecule has 1 aliphatic heterocycles. The minimum Gasteiger partial charge on any atom is -0.357 e. The Morgan fingerprint density at radius 1 is 1.42 bits per heavy atom. The number of carbonyl (C=O) groups is 1. The summed E-state index contributed by atoms with van der Waals surface area (Å²) in [6.07, 6.45) is 7.53. The van der Waals surface area contributed by atoms with E-state index in [0.717, 1.165) is 37.2 Å². The van der Waals surface area contributed by atoms with Crippen molar-refractivity contribution in [3.8, 4) is 0 Å². The van der Waals surface area contributed by atoms with Crippen LogP contribution in [0.25, 0.3) is 0 Å². The van der Waals surface area contributed by atoms with E-state index in [4.69, 9.17) is 4.99 Å². The molecule has 1 amide bonds. The van der Waals surface area contributed by atoms with Crippen LogP contribution in [-0.2, 0) is 11.8 Å². The third-order valence-electron chi connectivity index (χ3n) is 4.58. The number of halogens is 1. The van der Waals surface area contributed by atoms with Gasteiger partial charge in [0.1, 0.15) is 6.54 Å². The molecule has 2 heterocycles. The van der Waals surface area contributed by atoms with Crippen molar-refractivity contribution in [2.45, 2.75) is 26.2 Å². The molecule has 1 saturated heterocycles. The molecule has 134 valence electrons. The number of aliphatic imine (C=N–C) groups is 1. The van der Waals surface area contributed by atoms with Crippen LogP contribution in [-0.4, -0.2) is 59.3 Å². The highest BCUT2D eigenvalue weighted by Crippen LogP contribution is 2.26. The highest BCUT2D eigenvalue weighted by molar-refractivity contribution is 14.0. The lowest BCUT2D eigenvalue weighted by Gasteiger charge is -2.35. The minimum atomic E-state index is 0. The van der Waals surface area contributed by atoms with Crippen molar-refractivity contribution in [3.63, 3.8) is 0 Å². The first-order valence-corrected chi connectivity index (χ1v) is 8.49. The summed E-state index contributed by atoms with van der Waals surface area (Å²) in [7, 11) is 1.86. The van der Waals surface area contributed by atoms with Gasteiger partial charge in [0.05, 0.1) is 11.9 Å². The van der Waals surface area contributed by atoms with E-state index in [0.29, 0.717) is 13.1 Å². The summed E-state index contributed by atoms with van der Waals surface area (Å²) in [5.41, 5.74) is 0.869. The molecule has 1 aromatic heterocycles. The zero-order valence-electron chi connectivity index (χ0n) is 14.4. The first kappa shape index (κ1) is 19.0. The molecule has 8 heteroatoms. The maximum atomic E-state index is 12.5. The van der Waals surface area contributed by atoms with Crippen molar-refractivity contribution < 1.29 is 4.79 Å². The number of anilines is 1. The fourth-order valence-corrected chi connectivity index (χ4v) is 2.99. The molecule has 1 N–H and O–H groups in total. The fourth-order valence-electron chi connectivity index (χ4n) is 2.99. The molecule has 0 radical (unpaired) electrons. The van der Waals surface area contributed by atoms with Gasteiger partial charge in [-0.1, -0.05) is 6.42 Å². The number of guanidine groups is 1. The van der Waals surface area contributed by atoms with Gasteiger partial charge in [-0.15, -0.1) is 24.0 Å². The lowest BCUT2D eigenvalue weighted by atomic mass is 9.86. The van der Waals surface area contributed by atoms with Gasteiger partial charge < -0.3 is 15.1 Å². The number of nitrogens with one attached hydrogen (secondary N) is 1. The van der Waals surface area contributed by atoms with E-state index in [1.165, 1.54) is 19.3 Å². The lowest BCUT2D eigenvalue weighted by Crippen LogP contribution is -2.55. The minimum absolute atomic E-state index is 0. The molecule has 0 spiro atoms. The molecule has 0 atom stereocenters. The van der Waals surface area contributed by atoms with Gasteiger partial charge in [0.25, 0.3) is 0 Å². The molecule has 1 saturated carbocycles. The summed E-state index contributed by atoms with van der Waals surface area (Å²) in [4.78, 5) is 21.1. The van der Waals surface area contributed by atoms with Crippen LogP contribution in [0.4, 0.5) is 5.69 Å². The number of aromatic nitrogens is 2. The Bertz CT molecular complexity index is 583. The van der Waals surface area contributed by atoms with Gasteiger partial charge in [0, 0.05) is 39.4 Å². The largest absolute Gasteiger partial charge is 0.357 e. The molecule has 7 nitrogen and oxygen atoms in total. The van der Waals surface area contributed by atoms with Gasteiger partial charge in [-0.25, -0.2) is 0 Å². The normalized spacial score (nSPS) is 19.1. The Kier molecular flexibility index (Phi) is 6.88. The monoisotopic (exact) mass is 446 g/mol. The van der Waals surface area contributed by atoms with Crippen molar-refractivity contribution in [1.82, 2.24) is 20.0 Å². The molecule has 0 unspecified atom stereocenters. The van der Waals surface area contributed by atoms with Crippen LogP contribution in [0.2, 0.25) is 0 Å². The molecule has 2 fully saturated rings. The first-order valence-electron chi connectivity index (χ1n) is 8.49. The predicted molar refractivity (Wildman–Crippen MR) is 106 cm³/mol. The Hall–Kier alpha value is -1.32. The van der Waals surface area contributed by atoms with Gasteiger partial charge in [0.15, 0.2) is 5.96 Å². The van der Waals surface area contributed by atoms with Crippen molar-refractivity contribution >= 4 is 41.5 Å². The van der Waals surface area contributed by atoms with Crippen molar-refractivity contribution in [2.24, 2.45) is 18.0 Å². The van der Waals surface area contributed by atoms with Crippen LogP contribution in [0.3, 0.4) is 0 Å². The van der Waals surface area contributed by atoms with Gasteiger partial charge in [-0.05, 0) is 25.7 Å². The van der Waals surface area contributed by atoms with E-state index in [1.807, 2.05) is 13.2 Å². The Labute approximate surface area is 160 Å². The van der Waals surface area contributed by atoms with Gasteiger partial charge >= 0.3 is 0 Å². The van der Waals surface area contributed by atoms with E-state index in [9.17, 15) is 4.79 Å². The average Bonchev–Trinajstić information content (AvgIpc) is 2.91. The molecular weight excluding hydrogens is 419 g/mol. The Morgan fingerprint density at radius 3 is 2.75 bits per heavy atom. The van der Waals surface area contributed by atoms with E-state index >= 15 is 0 Å². The summed E-state index contributed by atoms with van der Waals surface area (Å²) in [6, 6.07) is 0. The molecular formula is C16H27IN6O. The number of nitrogens with zero attached hydrogens (tertiary/aromatic N) is 5. The second-order valence-corrected chi connectivity index (χ2v) is 6.33. The number of hydrogen-bond donors (Lipinski definition) is 1. The molecule has 0 aromatic carbocycles. The second kappa shape index (κ2) is 8.68. The lowest BCUT2D eigenvalue weighted by molar-refractivity contribution is -0.120. The smallest absolute Gasteiger partial charge is 0.246 e. The second-order valence-electron chi connectivity index (χ2n) is 6.33. The summed E-state index contributed by atoms with van der Waals surface area (Å²) in [5.74, 6) is 1.70. The zero-order chi connectivity index (χ0) is 16.2. The number of amides is 1. The molecule has 24 heavy (non-hydrogen) atoms. The third-order valence-corrected chi connectivity index (χ3v) is 4.58. The zero-order valence-corrected chi connectivity index (χ0v) is 16.8. The predicted octanol–water partition coefficient (Wildman–Crippen LogP) is 1.45. The van der Waals surface area contributed by atoms with Crippen molar-refractivity contribution in [1.29, 1.82) is 0 Å². The summed E-state index contributed by atoms with van der Waals surface area (Å²) >= 11 is 0. The molecule has 3 rings (SSSR count). The number of rotatable bonds is 4. The quantitative estimate of drug-likeness (QED) is 0.432. The van der Waals surface area contributed by atoms with E-state index in [2.05, 4.69) is 22.2 Å². The SMILES string of the molecule is CCNC(=NCC1CCC1)N1CCN(c2cnn(C)c2)C(=O)C1.I. The topological polar surface area (TPSA) is 65.8 Å². The highest BCUT2D eigenvalue weighted by Gasteiger charge is 2.28. The average molecular weight is 446 g/mol. The van der Waals surface area contributed by atoms with Crippen molar-refractivity contribution in [2.75, 3.05) is 37.6 Å². The summed E-state index contributed by atoms with van der Waals surface area (Å²) < 4.78 is 1.72. The van der Waals surface area contributed by atoms with Gasteiger partial charge in [0.2, 0.25) is 5.91 Å². The summed E-state index contributed by atoms with van der Waals surface area (Å²) in [6.45, 7) is 5.58. The van der Waals surface area contributed by atoms with Gasteiger partial charge in [-0.3, -0.25) is 14.5 Å².